The van der Waals surface area contributed by atoms with Gasteiger partial charge in [0.1, 0.15) is 11.5 Å². The van der Waals surface area contributed by atoms with Crippen LogP contribution in [-0.2, 0) is 22.4 Å². The number of hydrazine groups is 2. The number of carbonyl (C=O) groups is 4. The van der Waals surface area contributed by atoms with Crippen LogP contribution in [0.25, 0.3) is 0 Å². The molecule has 2 aromatic carbocycles. The van der Waals surface area contributed by atoms with Gasteiger partial charge in [-0.05, 0) is 61.8 Å². The summed E-state index contributed by atoms with van der Waals surface area (Å²) >= 11 is 0. The van der Waals surface area contributed by atoms with Crippen LogP contribution in [-0.4, -0.2) is 33.8 Å². The molecule has 0 aliphatic carbocycles. The van der Waals surface area contributed by atoms with Gasteiger partial charge in [-0.2, -0.15) is 0 Å². The summed E-state index contributed by atoms with van der Waals surface area (Å²) in [4.78, 5) is 53.4. The highest BCUT2D eigenvalue weighted by molar-refractivity contribution is 6.00. The number of benzene rings is 2. The second-order valence-electron chi connectivity index (χ2n) is 12.6. The molecule has 10 heteroatoms. The Bertz CT molecular complexity index is 1310. The number of carbonyl (C=O) groups excluding carboxylic acids is 4. The number of phenols is 2. The summed E-state index contributed by atoms with van der Waals surface area (Å²) < 4.78 is 0. The Hall–Kier alpha value is -4.08. The molecule has 0 heterocycles. The van der Waals surface area contributed by atoms with E-state index in [1.54, 1.807) is 31.2 Å². The van der Waals surface area contributed by atoms with Crippen molar-refractivity contribution < 1.29 is 29.4 Å². The lowest BCUT2D eigenvalue weighted by Crippen LogP contribution is -2.51. The maximum atomic E-state index is 13.6. The molecule has 2 rings (SSSR count). The van der Waals surface area contributed by atoms with Gasteiger partial charge in [0.25, 0.3) is 11.8 Å². The highest BCUT2D eigenvalue weighted by Gasteiger charge is 2.33. The Kier molecular flexibility index (Phi) is 18.8. The topological polar surface area (TPSA) is 157 Å². The predicted octanol–water partition coefficient (Wildman–Crippen LogP) is 7.18. The molecule has 0 aromatic heterocycles. The molecule has 0 saturated carbocycles. The van der Waals surface area contributed by atoms with Crippen LogP contribution in [0, 0.1) is 11.8 Å². The van der Waals surface area contributed by atoms with Crippen LogP contribution in [0.5, 0.6) is 11.5 Å². The third-order valence-corrected chi connectivity index (χ3v) is 8.88. The highest BCUT2D eigenvalue weighted by Crippen LogP contribution is 2.26. The van der Waals surface area contributed by atoms with E-state index in [0.29, 0.717) is 43.2 Å². The first-order chi connectivity index (χ1) is 23.2. The van der Waals surface area contributed by atoms with E-state index in [-0.39, 0.29) is 22.6 Å². The van der Waals surface area contributed by atoms with Crippen LogP contribution in [0.2, 0.25) is 0 Å². The molecular weight excluding hydrogens is 608 g/mol. The quantitative estimate of drug-likeness (QED) is 0.0612. The van der Waals surface area contributed by atoms with Crippen molar-refractivity contribution in [1.82, 2.24) is 21.7 Å². The Morgan fingerprint density at radius 2 is 0.958 bits per heavy atom. The fourth-order valence-corrected chi connectivity index (χ4v) is 6.10. The molecule has 2 aromatic rings. The average molecular weight is 667 g/mol. The first-order valence-electron chi connectivity index (χ1n) is 18.0. The second kappa shape index (κ2) is 22.5. The first kappa shape index (κ1) is 40.1. The van der Waals surface area contributed by atoms with E-state index in [1.807, 2.05) is 0 Å². The van der Waals surface area contributed by atoms with Crippen molar-refractivity contribution in [2.75, 3.05) is 0 Å². The Labute approximate surface area is 286 Å². The van der Waals surface area contributed by atoms with Gasteiger partial charge in [-0.3, -0.25) is 40.9 Å². The molecule has 2 atom stereocenters. The molecular formula is C38H58N4O6. The predicted molar refractivity (Wildman–Crippen MR) is 189 cm³/mol. The molecule has 0 aliphatic rings. The van der Waals surface area contributed by atoms with Gasteiger partial charge in [0.2, 0.25) is 11.8 Å². The number of nitrogens with one attached hydrogen (secondary N) is 4. The first-order valence-corrected chi connectivity index (χ1v) is 18.0. The molecule has 266 valence electrons. The number of hydrogen-bond donors (Lipinski definition) is 6. The third kappa shape index (κ3) is 12.8. The SMILES string of the molecule is CCCCCCc1cccc(O)c1C(=O)NNC(=O)C(CC)C(CCCCCC)C(=O)NNC(=O)c1c(O)cccc1CCCCCC. The highest BCUT2D eigenvalue weighted by atomic mass is 16.3. The zero-order valence-corrected chi connectivity index (χ0v) is 29.5. The average Bonchev–Trinajstić information content (AvgIpc) is 3.07. The second-order valence-corrected chi connectivity index (χ2v) is 12.6. The summed E-state index contributed by atoms with van der Waals surface area (Å²) in [5.41, 5.74) is 11.5. The molecule has 4 amide bonds. The zero-order chi connectivity index (χ0) is 35.3. The molecule has 0 bridgehead atoms. The van der Waals surface area contributed by atoms with Crippen molar-refractivity contribution >= 4 is 23.6 Å². The van der Waals surface area contributed by atoms with Crippen LogP contribution >= 0.6 is 0 Å². The largest absolute Gasteiger partial charge is 0.507 e. The fourth-order valence-electron chi connectivity index (χ4n) is 6.10. The van der Waals surface area contributed by atoms with E-state index in [4.69, 9.17) is 0 Å². The summed E-state index contributed by atoms with van der Waals surface area (Å²) in [5.74, 6) is -4.26. The lowest BCUT2D eigenvalue weighted by molar-refractivity contribution is -0.136. The summed E-state index contributed by atoms with van der Waals surface area (Å²) in [6.07, 6.45) is 13.6. The molecule has 2 unspecified atom stereocenters. The van der Waals surface area contributed by atoms with Crippen molar-refractivity contribution in [1.29, 1.82) is 0 Å². The maximum absolute atomic E-state index is 13.6. The summed E-state index contributed by atoms with van der Waals surface area (Å²) in [7, 11) is 0. The van der Waals surface area contributed by atoms with Crippen molar-refractivity contribution in [3.05, 3.63) is 58.7 Å². The van der Waals surface area contributed by atoms with Crippen LogP contribution in [0.1, 0.15) is 149 Å². The minimum absolute atomic E-state index is 0.118. The standard InChI is InChI=1S/C38H58N4O6/c1-5-9-12-15-20-27-22-18-25-31(43)33(27)37(47)41-39-35(45)29(8-4)30(24-17-14-11-7-3)36(46)40-42-38(48)34-28(21-16-13-10-6-2)23-19-26-32(34)44/h18-19,22-23,25-26,29-30,43-44H,5-17,20-21,24H2,1-4H3,(H,39,45)(H,40,46)(H,41,47)(H,42,48). The smallest absolute Gasteiger partial charge is 0.273 e. The number of amides is 4. The summed E-state index contributed by atoms with van der Waals surface area (Å²) in [5, 5.41) is 21.0. The van der Waals surface area contributed by atoms with Gasteiger partial charge in [0.05, 0.1) is 23.0 Å². The Morgan fingerprint density at radius 3 is 1.38 bits per heavy atom. The van der Waals surface area contributed by atoms with Crippen molar-refractivity contribution in [2.45, 2.75) is 130 Å². The van der Waals surface area contributed by atoms with E-state index in [9.17, 15) is 29.4 Å². The van der Waals surface area contributed by atoms with E-state index < -0.39 is 35.5 Å². The number of unbranched alkanes of at least 4 members (excludes halogenated alkanes) is 9. The lowest BCUT2D eigenvalue weighted by atomic mass is 9.84. The van der Waals surface area contributed by atoms with Crippen LogP contribution in [0.15, 0.2) is 36.4 Å². The lowest BCUT2D eigenvalue weighted by Gasteiger charge is -2.25. The number of rotatable bonds is 21. The maximum Gasteiger partial charge on any atom is 0.273 e. The van der Waals surface area contributed by atoms with E-state index in [1.165, 1.54) is 12.1 Å². The van der Waals surface area contributed by atoms with Gasteiger partial charge in [-0.25, -0.2) is 0 Å². The molecule has 0 saturated heterocycles. The number of aromatic hydroxyl groups is 2. The van der Waals surface area contributed by atoms with Gasteiger partial charge in [0.15, 0.2) is 0 Å². The molecule has 0 aliphatic heterocycles. The summed E-state index contributed by atoms with van der Waals surface area (Å²) in [6, 6.07) is 9.88. The van der Waals surface area contributed by atoms with Gasteiger partial charge < -0.3 is 10.2 Å². The molecule has 0 fully saturated rings. The van der Waals surface area contributed by atoms with E-state index >= 15 is 0 Å². The summed E-state index contributed by atoms with van der Waals surface area (Å²) in [6.45, 7) is 8.12. The minimum atomic E-state index is -0.805. The van der Waals surface area contributed by atoms with Crippen molar-refractivity contribution in [3.8, 4) is 11.5 Å². The number of hydrogen-bond acceptors (Lipinski definition) is 6. The van der Waals surface area contributed by atoms with Gasteiger partial charge in [-0.1, -0.05) is 116 Å². The molecule has 6 N–H and O–H groups in total. The Morgan fingerprint density at radius 1 is 0.542 bits per heavy atom. The van der Waals surface area contributed by atoms with Crippen LogP contribution in [0.4, 0.5) is 0 Å². The van der Waals surface area contributed by atoms with E-state index in [0.717, 1.165) is 70.6 Å². The molecule has 0 radical (unpaired) electrons. The van der Waals surface area contributed by atoms with E-state index in [2.05, 4.69) is 42.5 Å². The Balaban J connectivity index is 2.14. The van der Waals surface area contributed by atoms with Gasteiger partial charge >= 0.3 is 0 Å². The third-order valence-electron chi connectivity index (χ3n) is 8.88. The number of aryl methyl sites for hydroxylation is 2. The number of phenolic OH excluding ortho intramolecular Hbond substituents is 2. The molecule has 48 heavy (non-hydrogen) atoms. The van der Waals surface area contributed by atoms with Gasteiger partial charge in [0, 0.05) is 0 Å². The van der Waals surface area contributed by atoms with Gasteiger partial charge in [-0.15, -0.1) is 0 Å². The monoisotopic (exact) mass is 666 g/mol. The normalized spacial score (nSPS) is 12.2. The molecule has 10 nitrogen and oxygen atoms in total. The van der Waals surface area contributed by atoms with Crippen LogP contribution in [0.3, 0.4) is 0 Å². The van der Waals surface area contributed by atoms with Crippen molar-refractivity contribution in [3.63, 3.8) is 0 Å². The minimum Gasteiger partial charge on any atom is -0.507 e. The fraction of sp³-hybridized carbons (Fsp3) is 0.579. The zero-order valence-electron chi connectivity index (χ0n) is 29.5. The molecule has 0 spiro atoms. The van der Waals surface area contributed by atoms with Crippen molar-refractivity contribution in [2.24, 2.45) is 11.8 Å². The van der Waals surface area contributed by atoms with Crippen LogP contribution < -0.4 is 21.7 Å².